The third kappa shape index (κ3) is 3.68. The molecule has 8 heteroatoms. The van der Waals surface area contributed by atoms with Crippen molar-refractivity contribution in [2.75, 3.05) is 20.2 Å². The van der Waals surface area contributed by atoms with Crippen molar-refractivity contribution in [2.24, 2.45) is 0 Å². The normalized spacial score (nSPS) is 24.6. The summed E-state index contributed by atoms with van der Waals surface area (Å²) in [5.41, 5.74) is 0.345. The molecule has 0 radical (unpaired) electrons. The Balaban J connectivity index is 0.00000192. The summed E-state index contributed by atoms with van der Waals surface area (Å²) >= 11 is 0. The fourth-order valence-electron chi connectivity index (χ4n) is 3.16. The van der Waals surface area contributed by atoms with Crippen molar-refractivity contribution in [1.29, 1.82) is 0 Å². The van der Waals surface area contributed by atoms with Crippen molar-refractivity contribution in [3.05, 3.63) is 29.8 Å². The van der Waals surface area contributed by atoms with E-state index >= 15 is 0 Å². The molecule has 2 atom stereocenters. The molecule has 3 rings (SSSR count). The number of carbonyl (C=O) groups is 1. The average molecular weight is 361 g/mol. The third-order valence-corrected chi connectivity index (χ3v) is 6.28. The lowest BCUT2D eigenvalue weighted by Gasteiger charge is -2.23. The molecule has 2 fully saturated rings. The molecular formula is C15H21ClN2O4S. The van der Waals surface area contributed by atoms with E-state index in [-0.39, 0.29) is 23.3 Å². The molecule has 1 aromatic carbocycles. The van der Waals surface area contributed by atoms with Crippen molar-refractivity contribution in [2.45, 2.75) is 36.2 Å². The van der Waals surface area contributed by atoms with Gasteiger partial charge in [0.15, 0.2) is 0 Å². The van der Waals surface area contributed by atoms with Gasteiger partial charge in [0.25, 0.3) is 0 Å². The van der Waals surface area contributed by atoms with Crippen LogP contribution in [0.1, 0.15) is 29.6 Å². The Hall–Kier alpha value is -1.15. The second-order valence-electron chi connectivity index (χ2n) is 5.81. The molecule has 0 amide bonds. The van der Waals surface area contributed by atoms with Gasteiger partial charge in [-0.25, -0.2) is 13.2 Å². The fourth-order valence-corrected chi connectivity index (χ4v) is 4.66. The van der Waals surface area contributed by atoms with Crippen LogP contribution < -0.4 is 5.32 Å². The minimum Gasteiger partial charge on any atom is -0.465 e. The first-order chi connectivity index (χ1) is 10.5. The first kappa shape index (κ1) is 18.2. The van der Waals surface area contributed by atoms with E-state index in [1.54, 1.807) is 4.31 Å². The van der Waals surface area contributed by atoms with Crippen LogP contribution in [0.3, 0.4) is 0 Å². The number of methoxy groups -OCH3 is 1. The van der Waals surface area contributed by atoms with Gasteiger partial charge in [-0.15, -0.1) is 12.4 Å². The van der Waals surface area contributed by atoms with Crippen molar-refractivity contribution in [3.8, 4) is 0 Å². The van der Waals surface area contributed by atoms with Gasteiger partial charge in [0, 0.05) is 25.2 Å². The lowest BCUT2D eigenvalue weighted by molar-refractivity contribution is 0.0600. The largest absolute Gasteiger partial charge is 0.465 e. The molecule has 2 heterocycles. The highest BCUT2D eigenvalue weighted by atomic mass is 35.5. The molecule has 23 heavy (non-hydrogen) atoms. The molecule has 1 aromatic rings. The summed E-state index contributed by atoms with van der Waals surface area (Å²) in [7, 11) is -2.22. The first-order valence-corrected chi connectivity index (χ1v) is 8.89. The molecule has 2 aliphatic heterocycles. The zero-order valence-electron chi connectivity index (χ0n) is 12.9. The van der Waals surface area contributed by atoms with E-state index in [1.165, 1.54) is 31.4 Å². The summed E-state index contributed by atoms with van der Waals surface area (Å²) in [5, 5.41) is 3.47. The van der Waals surface area contributed by atoms with Gasteiger partial charge in [-0.05, 0) is 43.5 Å². The van der Waals surface area contributed by atoms with Crippen molar-refractivity contribution in [3.63, 3.8) is 0 Å². The SMILES string of the molecule is COC(=O)c1ccc(S(=O)(=O)N2CCC3CCC(C2)N3)cc1.Cl. The van der Waals surface area contributed by atoms with Gasteiger partial charge in [0.05, 0.1) is 17.6 Å². The summed E-state index contributed by atoms with van der Waals surface area (Å²) in [5.74, 6) is -0.472. The van der Waals surface area contributed by atoms with E-state index in [2.05, 4.69) is 10.1 Å². The molecule has 6 nitrogen and oxygen atoms in total. The summed E-state index contributed by atoms with van der Waals surface area (Å²) in [4.78, 5) is 11.6. The molecule has 2 aliphatic rings. The van der Waals surface area contributed by atoms with Crippen LogP contribution in [0.5, 0.6) is 0 Å². The van der Waals surface area contributed by atoms with Crippen LogP contribution in [0.4, 0.5) is 0 Å². The second kappa shape index (κ2) is 7.17. The van der Waals surface area contributed by atoms with E-state index in [0.717, 1.165) is 19.3 Å². The Morgan fingerprint density at radius 1 is 1.17 bits per heavy atom. The van der Waals surface area contributed by atoms with Crippen LogP contribution in [-0.2, 0) is 14.8 Å². The summed E-state index contributed by atoms with van der Waals surface area (Å²) in [6.07, 6.45) is 3.00. The Kier molecular flexibility index (Phi) is 5.67. The molecule has 2 unspecified atom stereocenters. The summed E-state index contributed by atoms with van der Waals surface area (Å²) in [6, 6.07) is 6.60. The van der Waals surface area contributed by atoms with Crippen LogP contribution in [0.25, 0.3) is 0 Å². The first-order valence-electron chi connectivity index (χ1n) is 7.45. The maximum absolute atomic E-state index is 12.7. The monoisotopic (exact) mass is 360 g/mol. The highest BCUT2D eigenvalue weighted by Crippen LogP contribution is 2.25. The molecular weight excluding hydrogens is 340 g/mol. The van der Waals surface area contributed by atoms with Gasteiger partial charge in [0.1, 0.15) is 0 Å². The van der Waals surface area contributed by atoms with Gasteiger partial charge < -0.3 is 10.1 Å². The predicted octanol–water partition coefficient (Wildman–Crippen LogP) is 1.41. The summed E-state index contributed by atoms with van der Waals surface area (Å²) in [6.45, 7) is 1.05. The fraction of sp³-hybridized carbons (Fsp3) is 0.533. The molecule has 0 spiro atoms. The Bertz CT molecular complexity index is 663. The Morgan fingerprint density at radius 3 is 2.48 bits per heavy atom. The van der Waals surface area contributed by atoms with E-state index in [4.69, 9.17) is 0 Å². The standard InChI is InChI=1S/C15H20N2O4S.ClH/c1-21-15(18)11-2-6-14(7-3-11)22(19,20)17-9-8-12-4-5-13(10-17)16-12;/h2-3,6-7,12-13,16H,4-5,8-10H2,1H3;1H. The smallest absolute Gasteiger partial charge is 0.337 e. The molecule has 0 aromatic heterocycles. The topological polar surface area (TPSA) is 75.7 Å². The predicted molar refractivity (Wildman–Crippen MR) is 88.4 cm³/mol. The van der Waals surface area contributed by atoms with Gasteiger partial charge >= 0.3 is 5.97 Å². The maximum atomic E-state index is 12.7. The number of hydrogen-bond acceptors (Lipinski definition) is 5. The molecule has 2 saturated heterocycles. The van der Waals surface area contributed by atoms with Crippen LogP contribution in [-0.4, -0.2) is 51.0 Å². The number of halogens is 1. The molecule has 0 aliphatic carbocycles. The molecule has 1 N–H and O–H groups in total. The number of sulfonamides is 1. The second-order valence-corrected chi connectivity index (χ2v) is 7.74. The van der Waals surface area contributed by atoms with Gasteiger partial charge in [-0.1, -0.05) is 0 Å². The number of nitrogens with zero attached hydrogens (tertiary/aromatic N) is 1. The zero-order chi connectivity index (χ0) is 15.7. The Labute approximate surface area is 142 Å². The number of benzene rings is 1. The number of hydrogen-bond donors (Lipinski definition) is 1. The number of esters is 1. The lowest BCUT2D eigenvalue weighted by Crippen LogP contribution is -2.39. The Morgan fingerprint density at radius 2 is 1.83 bits per heavy atom. The van der Waals surface area contributed by atoms with Crippen LogP contribution in [0.2, 0.25) is 0 Å². The molecule has 2 bridgehead atoms. The zero-order valence-corrected chi connectivity index (χ0v) is 14.5. The highest BCUT2D eigenvalue weighted by Gasteiger charge is 2.34. The van der Waals surface area contributed by atoms with Crippen molar-refractivity contribution < 1.29 is 17.9 Å². The van der Waals surface area contributed by atoms with E-state index < -0.39 is 16.0 Å². The van der Waals surface area contributed by atoms with E-state index in [9.17, 15) is 13.2 Å². The van der Waals surface area contributed by atoms with Gasteiger partial charge in [-0.2, -0.15) is 4.31 Å². The average Bonchev–Trinajstić information content (AvgIpc) is 2.85. The third-order valence-electron chi connectivity index (χ3n) is 4.40. The number of fused-ring (bicyclic) bond motifs is 2. The number of carbonyl (C=O) groups excluding carboxylic acids is 1. The quantitative estimate of drug-likeness (QED) is 0.825. The minimum absolute atomic E-state index is 0. The van der Waals surface area contributed by atoms with E-state index in [1.807, 2.05) is 0 Å². The van der Waals surface area contributed by atoms with Crippen molar-refractivity contribution >= 4 is 28.4 Å². The van der Waals surface area contributed by atoms with Crippen LogP contribution in [0.15, 0.2) is 29.2 Å². The number of ether oxygens (including phenoxy) is 1. The molecule has 0 saturated carbocycles. The number of nitrogens with one attached hydrogen (secondary N) is 1. The lowest BCUT2D eigenvalue weighted by atomic mass is 10.1. The van der Waals surface area contributed by atoms with Gasteiger partial charge in [-0.3, -0.25) is 0 Å². The highest BCUT2D eigenvalue weighted by molar-refractivity contribution is 7.89. The van der Waals surface area contributed by atoms with Crippen LogP contribution >= 0.6 is 12.4 Å². The number of rotatable bonds is 3. The maximum Gasteiger partial charge on any atom is 0.337 e. The van der Waals surface area contributed by atoms with Gasteiger partial charge in [0.2, 0.25) is 10.0 Å². The summed E-state index contributed by atoms with van der Waals surface area (Å²) < 4.78 is 31.7. The molecule has 128 valence electrons. The van der Waals surface area contributed by atoms with E-state index in [0.29, 0.717) is 24.7 Å². The minimum atomic E-state index is -3.52. The van der Waals surface area contributed by atoms with Crippen molar-refractivity contribution in [1.82, 2.24) is 9.62 Å². The van der Waals surface area contributed by atoms with Crippen LogP contribution in [0, 0.1) is 0 Å².